The second kappa shape index (κ2) is 4.46. The van der Waals surface area contributed by atoms with Crippen LogP contribution in [-0.4, -0.2) is 17.3 Å². The number of alkyl halides is 6. The van der Waals surface area contributed by atoms with E-state index in [1.807, 2.05) is 0 Å². The lowest BCUT2D eigenvalue weighted by Gasteiger charge is -2.22. The van der Waals surface area contributed by atoms with Crippen LogP contribution < -0.4 is 0 Å². The van der Waals surface area contributed by atoms with Gasteiger partial charge in [0.15, 0.2) is 5.92 Å². The molecule has 0 aliphatic rings. The minimum atomic E-state index is -5.65. The maximum atomic E-state index is 12.4. The first-order valence-electron chi connectivity index (χ1n) is 4.42. The summed E-state index contributed by atoms with van der Waals surface area (Å²) < 4.78 is 74.4. The van der Waals surface area contributed by atoms with E-state index in [-0.39, 0.29) is 0 Å². The Labute approximate surface area is 96.2 Å². The van der Waals surface area contributed by atoms with Crippen LogP contribution >= 0.6 is 0 Å². The van der Waals surface area contributed by atoms with Gasteiger partial charge in [-0.05, 0) is 0 Å². The fourth-order valence-corrected chi connectivity index (χ4v) is 1.44. The topological polar surface area (TPSA) is 43.1 Å². The second-order valence-electron chi connectivity index (χ2n) is 3.33. The van der Waals surface area contributed by atoms with Crippen molar-refractivity contribution < 1.29 is 31.3 Å². The number of benzene rings is 1. The predicted molar refractivity (Wildman–Crippen MR) is 47.9 cm³/mol. The van der Waals surface area contributed by atoms with Crippen LogP contribution in [0, 0.1) is 10.1 Å². The van der Waals surface area contributed by atoms with Gasteiger partial charge in [-0.2, -0.15) is 26.3 Å². The highest BCUT2D eigenvalue weighted by molar-refractivity contribution is 5.43. The molecule has 0 saturated carbocycles. The van der Waals surface area contributed by atoms with Crippen LogP contribution in [0.5, 0.6) is 0 Å². The standard InChI is InChI=1S/C9H5F6NO2/c10-8(11,12)7(9(13,14)15)5-3-1-2-4-6(5)16(17)18/h1-4,7H. The van der Waals surface area contributed by atoms with E-state index in [1.54, 1.807) is 0 Å². The molecule has 0 radical (unpaired) electrons. The third kappa shape index (κ3) is 2.90. The van der Waals surface area contributed by atoms with Crippen molar-refractivity contribution in [1.29, 1.82) is 0 Å². The van der Waals surface area contributed by atoms with Crippen molar-refractivity contribution >= 4 is 5.69 Å². The summed E-state index contributed by atoms with van der Waals surface area (Å²) in [6.07, 6.45) is -11.3. The molecule has 18 heavy (non-hydrogen) atoms. The number of hydrogen-bond donors (Lipinski definition) is 0. The smallest absolute Gasteiger partial charge is 0.258 e. The molecule has 0 aliphatic carbocycles. The van der Waals surface area contributed by atoms with Gasteiger partial charge in [-0.1, -0.05) is 18.2 Å². The molecule has 9 heteroatoms. The minimum absolute atomic E-state index is 0.448. The molecule has 1 aromatic carbocycles. The van der Waals surface area contributed by atoms with Crippen LogP contribution in [0.4, 0.5) is 32.0 Å². The van der Waals surface area contributed by atoms with Crippen molar-refractivity contribution in [3.05, 3.63) is 39.9 Å². The third-order valence-corrected chi connectivity index (χ3v) is 2.10. The molecule has 0 aromatic heterocycles. The zero-order valence-corrected chi connectivity index (χ0v) is 8.42. The summed E-state index contributed by atoms with van der Waals surface area (Å²) in [6.45, 7) is 0. The number of nitro benzene ring substituents is 1. The molecule has 0 aliphatic heterocycles. The van der Waals surface area contributed by atoms with Gasteiger partial charge in [-0.15, -0.1) is 0 Å². The monoisotopic (exact) mass is 273 g/mol. The van der Waals surface area contributed by atoms with E-state index in [0.29, 0.717) is 12.1 Å². The number of nitrogens with zero attached hydrogens (tertiary/aromatic N) is 1. The SMILES string of the molecule is O=[N+]([O-])c1ccccc1C(C(F)(F)F)C(F)(F)F. The van der Waals surface area contributed by atoms with E-state index in [2.05, 4.69) is 0 Å². The average molecular weight is 273 g/mol. The minimum Gasteiger partial charge on any atom is -0.258 e. The summed E-state index contributed by atoms with van der Waals surface area (Å²) in [5, 5.41) is 10.5. The summed E-state index contributed by atoms with van der Waals surface area (Å²) in [5.74, 6) is -3.87. The van der Waals surface area contributed by atoms with Gasteiger partial charge in [0.05, 0.1) is 10.5 Å². The van der Waals surface area contributed by atoms with Crippen LogP contribution in [0.3, 0.4) is 0 Å². The number of para-hydroxylation sites is 1. The zero-order chi connectivity index (χ0) is 14.1. The highest BCUT2D eigenvalue weighted by atomic mass is 19.4. The molecule has 0 spiro atoms. The van der Waals surface area contributed by atoms with Gasteiger partial charge < -0.3 is 0 Å². The van der Waals surface area contributed by atoms with Gasteiger partial charge in [-0.25, -0.2) is 0 Å². The van der Waals surface area contributed by atoms with Gasteiger partial charge in [0, 0.05) is 6.07 Å². The van der Waals surface area contributed by atoms with Crippen LogP contribution in [0.15, 0.2) is 24.3 Å². The molecule has 0 N–H and O–H groups in total. The lowest BCUT2D eigenvalue weighted by atomic mass is 9.96. The van der Waals surface area contributed by atoms with Crippen molar-refractivity contribution in [1.82, 2.24) is 0 Å². The highest BCUT2D eigenvalue weighted by Gasteiger charge is 2.59. The molecule has 0 fully saturated rings. The number of halogens is 6. The Kier molecular flexibility index (Phi) is 3.54. The summed E-state index contributed by atoms with van der Waals surface area (Å²) >= 11 is 0. The van der Waals surface area contributed by atoms with Crippen LogP contribution in [0.1, 0.15) is 11.5 Å². The van der Waals surface area contributed by atoms with Crippen LogP contribution in [0.2, 0.25) is 0 Å². The quantitative estimate of drug-likeness (QED) is 0.467. The zero-order valence-electron chi connectivity index (χ0n) is 8.42. The number of nitro groups is 1. The van der Waals surface area contributed by atoms with Gasteiger partial charge in [-0.3, -0.25) is 10.1 Å². The Bertz CT molecular complexity index is 439. The van der Waals surface area contributed by atoms with Crippen LogP contribution in [0.25, 0.3) is 0 Å². The fraction of sp³-hybridized carbons (Fsp3) is 0.333. The van der Waals surface area contributed by atoms with E-state index in [4.69, 9.17) is 0 Å². The molecule has 0 unspecified atom stereocenters. The Morgan fingerprint density at radius 3 is 1.83 bits per heavy atom. The molecule has 0 saturated heterocycles. The van der Waals surface area contributed by atoms with E-state index in [1.165, 1.54) is 0 Å². The van der Waals surface area contributed by atoms with Crippen molar-refractivity contribution in [3.8, 4) is 0 Å². The van der Waals surface area contributed by atoms with Gasteiger partial charge in [0.2, 0.25) is 0 Å². The molecule has 1 aromatic rings. The van der Waals surface area contributed by atoms with Gasteiger partial charge in [0.25, 0.3) is 5.69 Å². The lowest BCUT2D eigenvalue weighted by Crippen LogP contribution is -2.34. The summed E-state index contributed by atoms with van der Waals surface area (Å²) in [7, 11) is 0. The first kappa shape index (κ1) is 14.3. The lowest BCUT2D eigenvalue weighted by molar-refractivity contribution is -0.387. The molecule has 1 rings (SSSR count). The Balaban J connectivity index is 3.45. The van der Waals surface area contributed by atoms with E-state index >= 15 is 0 Å². The third-order valence-electron chi connectivity index (χ3n) is 2.10. The molecule has 0 atom stereocenters. The van der Waals surface area contributed by atoms with Crippen LogP contribution in [-0.2, 0) is 0 Å². The molecular formula is C9H5F6NO2. The summed E-state index contributed by atoms with van der Waals surface area (Å²) in [4.78, 5) is 9.17. The number of hydrogen-bond acceptors (Lipinski definition) is 2. The Morgan fingerprint density at radius 2 is 1.44 bits per heavy atom. The van der Waals surface area contributed by atoms with Crippen molar-refractivity contribution in [2.45, 2.75) is 18.3 Å². The van der Waals surface area contributed by atoms with E-state index in [0.717, 1.165) is 12.1 Å². The first-order valence-corrected chi connectivity index (χ1v) is 4.42. The van der Waals surface area contributed by atoms with Crippen molar-refractivity contribution in [2.75, 3.05) is 0 Å². The summed E-state index contributed by atoms with van der Waals surface area (Å²) in [5.41, 5.74) is -2.63. The molecular weight excluding hydrogens is 268 g/mol. The summed E-state index contributed by atoms with van der Waals surface area (Å²) in [6, 6.07) is 2.92. The Hall–Kier alpha value is -1.80. The second-order valence-corrected chi connectivity index (χ2v) is 3.33. The van der Waals surface area contributed by atoms with E-state index in [9.17, 15) is 36.5 Å². The van der Waals surface area contributed by atoms with Gasteiger partial charge in [0.1, 0.15) is 0 Å². The number of rotatable bonds is 2. The van der Waals surface area contributed by atoms with Gasteiger partial charge >= 0.3 is 12.4 Å². The molecule has 3 nitrogen and oxygen atoms in total. The average Bonchev–Trinajstić information content (AvgIpc) is 2.13. The maximum Gasteiger partial charge on any atom is 0.404 e. The maximum absolute atomic E-state index is 12.4. The fourth-order valence-electron chi connectivity index (χ4n) is 1.44. The predicted octanol–water partition coefficient (Wildman–Crippen LogP) is 3.80. The molecule has 100 valence electrons. The molecule has 0 amide bonds. The molecule has 0 bridgehead atoms. The Morgan fingerprint density at radius 1 is 1.00 bits per heavy atom. The largest absolute Gasteiger partial charge is 0.404 e. The van der Waals surface area contributed by atoms with Crippen molar-refractivity contribution in [2.24, 2.45) is 0 Å². The first-order chi connectivity index (χ1) is 8.05. The normalized spacial score (nSPS) is 12.8. The highest BCUT2D eigenvalue weighted by Crippen LogP contribution is 2.48. The van der Waals surface area contributed by atoms with E-state index < -0.39 is 34.4 Å². The van der Waals surface area contributed by atoms with Crippen molar-refractivity contribution in [3.63, 3.8) is 0 Å². The molecule has 0 heterocycles.